The van der Waals surface area contributed by atoms with Crippen molar-refractivity contribution in [3.05, 3.63) is 42.0 Å². The smallest absolute Gasteiger partial charge is 0.338 e. The zero-order valence-corrected chi connectivity index (χ0v) is 10.6. The quantitative estimate of drug-likeness (QED) is 0.456. The van der Waals surface area contributed by atoms with Gasteiger partial charge in [0.15, 0.2) is 0 Å². The van der Waals surface area contributed by atoms with Gasteiger partial charge in [-0.15, -0.1) is 0 Å². The van der Waals surface area contributed by atoms with Crippen LogP contribution >= 0.6 is 0 Å². The minimum Gasteiger partial charge on any atom is -0.462 e. The molecule has 0 N–H and O–H groups in total. The zero-order valence-electron chi connectivity index (χ0n) is 10.6. The Morgan fingerprint density at radius 1 is 1.22 bits per heavy atom. The molecule has 0 radical (unpaired) electrons. The third-order valence-electron chi connectivity index (χ3n) is 2.09. The van der Waals surface area contributed by atoms with E-state index in [9.17, 15) is 9.59 Å². The summed E-state index contributed by atoms with van der Waals surface area (Å²) in [4.78, 5) is 22.8. The van der Waals surface area contributed by atoms with Gasteiger partial charge in [0.25, 0.3) is 0 Å². The first kappa shape index (κ1) is 14.0. The van der Waals surface area contributed by atoms with E-state index in [-0.39, 0.29) is 5.97 Å². The van der Waals surface area contributed by atoms with Gasteiger partial charge < -0.3 is 9.47 Å². The van der Waals surface area contributed by atoms with Crippen molar-refractivity contribution in [2.24, 2.45) is 0 Å². The lowest BCUT2D eigenvalue weighted by atomic mass is 10.2. The average Bonchev–Trinajstić information content (AvgIpc) is 2.36. The number of rotatable bonds is 5. The monoisotopic (exact) mass is 248 g/mol. The fourth-order valence-corrected chi connectivity index (χ4v) is 1.13. The first-order valence-corrected chi connectivity index (χ1v) is 5.69. The molecular formula is C14H16O4. The fourth-order valence-electron chi connectivity index (χ4n) is 1.13. The molecule has 0 amide bonds. The van der Waals surface area contributed by atoms with Crippen molar-refractivity contribution < 1.29 is 19.1 Å². The molecular weight excluding hydrogens is 232 g/mol. The number of ether oxygens (including phenoxy) is 2. The van der Waals surface area contributed by atoms with E-state index in [0.29, 0.717) is 23.5 Å². The highest BCUT2D eigenvalue weighted by Gasteiger charge is 2.08. The maximum absolute atomic E-state index is 11.5. The summed E-state index contributed by atoms with van der Waals surface area (Å²) in [6, 6.07) is 6.20. The Kier molecular flexibility index (Phi) is 5.11. The highest BCUT2D eigenvalue weighted by atomic mass is 16.5. The van der Waals surface area contributed by atoms with E-state index in [0.717, 1.165) is 6.42 Å². The lowest BCUT2D eigenvalue weighted by Crippen LogP contribution is -2.09. The van der Waals surface area contributed by atoms with Crippen LogP contribution in [0.4, 0.5) is 0 Å². The number of hydrogen-bond acceptors (Lipinski definition) is 4. The molecule has 1 rings (SSSR count). The molecule has 0 aliphatic rings. The molecule has 0 bridgehead atoms. The van der Waals surface area contributed by atoms with Crippen LogP contribution in [0.25, 0.3) is 0 Å². The summed E-state index contributed by atoms with van der Waals surface area (Å²) < 4.78 is 9.98. The summed E-state index contributed by atoms with van der Waals surface area (Å²) in [5, 5.41) is 0. The Labute approximate surface area is 106 Å². The molecule has 0 saturated heterocycles. The molecule has 4 nitrogen and oxygen atoms in total. The summed E-state index contributed by atoms with van der Waals surface area (Å²) >= 11 is 0. The molecule has 0 aromatic heterocycles. The summed E-state index contributed by atoms with van der Waals surface area (Å²) in [6.45, 7) is 7.37. The molecule has 0 aliphatic heterocycles. The van der Waals surface area contributed by atoms with Crippen molar-refractivity contribution in [1.82, 2.24) is 0 Å². The molecule has 1 aromatic rings. The lowest BCUT2D eigenvalue weighted by molar-refractivity contribution is -0.130. The van der Waals surface area contributed by atoms with Crippen LogP contribution in [0.1, 0.15) is 30.6 Å². The van der Waals surface area contributed by atoms with Crippen molar-refractivity contribution in [2.75, 3.05) is 6.61 Å². The van der Waals surface area contributed by atoms with E-state index in [1.165, 1.54) is 0 Å². The predicted octanol–water partition coefficient (Wildman–Crippen LogP) is 2.73. The van der Waals surface area contributed by atoms with Crippen molar-refractivity contribution in [1.29, 1.82) is 0 Å². The van der Waals surface area contributed by atoms with Gasteiger partial charge in [0, 0.05) is 5.57 Å². The second-order valence-corrected chi connectivity index (χ2v) is 3.83. The van der Waals surface area contributed by atoms with Gasteiger partial charge >= 0.3 is 11.9 Å². The molecule has 0 atom stereocenters. The van der Waals surface area contributed by atoms with E-state index in [2.05, 4.69) is 6.58 Å². The van der Waals surface area contributed by atoms with Crippen LogP contribution in [0.3, 0.4) is 0 Å². The Morgan fingerprint density at radius 3 is 2.33 bits per heavy atom. The number of carbonyl (C=O) groups excluding carboxylic acids is 2. The van der Waals surface area contributed by atoms with Crippen molar-refractivity contribution in [2.45, 2.75) is 20.3 Å². The number of hydrogen-bond donors (Lipinski definition) is 0. The number of benzene rings is 1. The lowest BCUT2D eigenvalue weighted by Gasteiger charge is -2.05. The Balaban J connectivity index is 2.65. The molecule has 0 saturated carbocycles. The topological polar surface area (TPSA) is 52.6 Å². The van der Waals surface area contributed by atoms with E-state index in [1.54, 1.807) is 31.2 Å². The third-order valence-corrected chi connectivity index (χ3v) is 2.09. The largest absolute Gasteiger partial charge is 0.462 e. The van der Waals surface area contributed by atoms with Crippen LogP contribution < -0.4 is 4.74 Å². The second kappa shape index (κ2) is 6.59. The molecule has 0 aliphatic carbocycles. The first-order chi connectivity index (χ1) is 8.54. The van der Waals surface area contributed by atoms with Crippen LogP contribution in [0.15, 0.2) is 36.4 Å². The normalized spacial score (nSPS) is 9.67. The van der Waals surface area contributed by atoms with Crippen LogP contribution in [0.2, 0.25) is 0 Å². The van der Waals surface area contributed by atoms with E-state index in [1.807, 2.05) is 6.92 Å². The zero-order chi connectivity index (χ0) is 13.5. The third kappa shape index (κ3) is 4.05. The minimum absolute atomic E-state index is 0.321. The molecule has 0 fully saturated rings. The van der Waals surface area contributed by atoms with Crippen molar-refractivity contribution >= 4 is 11.9 Å². The number of esters is 2. The summed E-state index contributed by atoms with van der Waals surface area (Å²) in [5.41, 5.74) is 0.750. The molecule has 4 heteroatoms. The number of carbonyl (C=O) groups is 2. The Morgan fingerprint density at radius 2 is 1.83 bits per heavy atom. The van der Waals surface area contributed by atoms with Gasteiger partial charge in [0.2, 0.25) is 0 Å². The average molecular weight is 248 g/mol. The molecule has 0 heterocycles. The molecule has 96 valence electrons. The van der Waals surface area contributed by atoms with Crippen LogP contribution in [0.5, 0.6) is 5.75 Å². The molecule has 0 spiro atoms. The van der Waals surface area contributed by atoms with Crippen LogP contribution in [0, 0.1) is 0 Å². The van der Waals surface area contributed by atoms with E-state index >= 15 is 0 Å². The molecule has 0 unspecified atom stereocenters. The van der Waals surface area contributed by atoms with Gasteiger partial charge in [-0.25, -0.2) is 9.59 Å². The van der Waals surface area contributed by atoms with E-state index < -0.39 is 5.97 Å². The SMILES string of the molecule is C=C(C)C(=O)Oc1ccc(C(=O)OCCC)cc1. The fraction of sp³-hybridized carbons (Fsp3) is 0.286. The van der Waals surface area contributed by atoms with Crippen molar-refractivity contribution in [3.63, 3.8) is 0 Å². The predicted molar refractivity (Wildman–Crippen MR) is 67.5 cm³/mol. The van der Waals surface area contributed by atoms with Gasteiger partial charge in [0.1, 0.15) is 5.75 Å². The van der Waals surface area contributed by atoms with Gasteiger partial charge in [0.05, 0.1) is 12.2 Å². The standard InChI is InChI=1S/C14H16O4/c1-4-9-17-14(16)11-5-7-12(8-6-11)18-13(15)10(2)3/h5-8H,2,4,9H2,1,3H3. The van der Waals surface area contributed by atoms with Gasteiger partial charge in [-0.05, 0) is 37.6 Å². The molecule has 18 heavy (non-hydrogen) atoms. The second-order valence-electron chi connectivity index (χ2n) is 3.83. The first-order valence-electron chi connectivity index (χ1n) is 5.69. The molecule has 1 aromatic carbocycles. The summed E-state index contributed by atoms with van der Waals surface area (Å²) in [5.74, 6) is -0.499. The van der Waals surface area contributed by atoms with Gasteiger partial charge in [-0.3, -0.25) is 0 Å². The van der Waals surface area contributed by atoms with Gasteiger partial charge in [-0.1, -0.05) is 13.5 Å². The maximum Gasteiger partial charge on any atom is 0.338 e. The minimum atomic E-state index is -0.490. The van der Waals surface area contributed by atoms with Crippen molar-refractivity contribution in [3.8, 4) is 5.75 Å². The maximum atomic E-state index is 11.5. The highest BCUT2D eigenvalue weighted by Crippen LogP contribution is 2.14. The Hall–Kier alpha value is -2.10. The van der Waals surface area contributed by atoms with E-state index in [4.69, 9.17) is 9.47 Å². The van der Waals surface area contributed by atoms with Crippen LogP contribution in [-0.2, 0) is 9.53 Å². The van der Waals surface area contributed by atoms with Gasteiger partial charge in [-0.2, -0.15) is 0 Å². The summed E-state index contributed by atoms with van der Waals surface area (Å²) in [7, 11) is 0. The Bertz CT molecular complexity index is 445. The highest BCUT2D eigenvalue weighted by molar-refractivity contribution is 5.90. The summed E-state index contributed by atoms with van der Waals surface area (Å²) in [6.07, 6.45) is 0.778. The van der Waals surface area contributed by atoms with Crippen LogP contribution in [-0.4, -0.2) is 18.5 Å².